The van der Waals surface area contributed by atoms with E-state index in [9.17, 15) is 0 Å². The van der Waals surface area contributed by atoms with Crippen molar-refractivity contribution in [2.45, 2.75) is 12.8 Å². The fourth-order valence-corrected chi connectivity index (χ4v) is 2.18. The predicted octanol–water partition coefficient (Wildman–Crippen LogP) is 3.62. The van der Waals surface area contributed by atoms with Crippen LogP contribution in [0.2, 0.25) is 5.02 Å². The van der Waals surface area contributed by atoms with E-state index in [4.69, 9.17) is 11.6 Å². The van der Waals surface area contributed by atoms with Gasteiger partial charge in [0, 0.05) is 22.6 Å². The monoisotopic (exact) mass is 262 g/mol. The SMILES string of the molecule is CN(C)CCCc1cccn1-c1ccc(Cl)cc1. The molecular formula is C15H19ClN2. The minimum atomic E-state index is 0.778. The van der Waals surface area contributed by atoms with Gasteiger partial charge < -0.3 is 9.47 Å². The number of aromatic nitrogens is 1. The van der Waals surface area contributed by atoms with Crippen LogP contribution in [-0.4, -0.2) is 30.1 Å². The summed E-state index contributed by atoms with van der Waals surface area (Å²) < 4.78 is 2.23. The van der Waals surface area contributed by atoms with E-state index in [0.29, 0.717) is 0 Å². The highest BCUT2D eigenvalue weighted by molar-refractivity contribution is 6.30. The number of rotatable bonds is 5. The van der Waals surface area contributed by atoms with E-state index in [1.165, 1.54) is 17.8 Å². The third-order valence-corrected chi connectivity index (χ3v) is 3.23. The van der Waals surface area contributed by atoms with Crippen LogP contribution in [0.5, 0.6) is 0 Å². The molecule has 1 aromatic carbocycles. The Morgan fingerprint density at radius 2 is 1.83 bits per heavy atom. The Labute approximate surface area is 114 Å². The van der Waals surface area contributed by atoms with Crippen molar-refractivity contribution in [2.75, 3.05) is 20.6 Å². The Kier molecular flexibility index (Phi) is 4.45. The van der Waals surface area contributed by atoms with Crippen LogP contribution in [-0.2, 0) is 6.42 Å². The molecule has 0 saturated carbocycles. The molecule has 0 atom stereocenters. The first-order valence-corrected chi connectivity index (χ1v) is 6.61. The van der Waals surface area contributed by atoms with Crippen LogP contribution < -0.4 is 0 Å². The molecule has 2 nitrogen and oxygen atoms in total. The van der Waals surface area contributed by atoms with E-state index in [0.717, 1.165) is 18.0 Å². The summed E-state index contributed by atoms with van der Waals surface area (Å²) in [5, 5.41) is 0.778. The first-order valence-electron chi connectivity index (χ1n) is 6.24. The Hall–Kier alpha value is -1.25. The lowest BCUT2D eigenvalue weighted by Crippen LogP contribution is -2.14. The van der Waals surface area contributed by atoms with Gasteiger partial charge in [-0.3, -0.25) is 0 Å². The van der Waals surface area contributed by atoms with Gasteiger partial charge in [-0.15, -0.1) is 0 Å². The van der Waals surface area contributed by atoms with Crippen molar-refractivity contribution in [2.24, 2.45) is 0 Å². The van der Waals surface area contributed by atoms with E-state index in [2.05, 4.69) is 54.0 Å². The van der Waals surface area contributed by atoms with Crippen molar-refractivity contribution >= 4 is 11.6 Å². The molecule has 1 aromatic heterocycles. The van der Waals surface area contributed by atoms with Gasteiger partial charge in [0.15, 0.2) is 0 Å². The first-order chi connectivity index (χ1) is 8.66. The molecule has 0 fully saturated rings. The second-order valence-electron chi connectivity index (χ2n) is 4.75. The molecule has 3 heteroatoms. The lowest BCUT2D eigenvalue weighted by molar-refractivity contribution is 0.399. The van der Waals surface area contributed by atoms with Gasteiger partial charge in [-0.1, -0.05) is 11.6 Å². The van der Waals surface area contributed by atoms with Crippen LogP contribution >= 0.6 is 11.6 Å². The highest BCUT2D eigenvalue weighted by Gasteiger charge is 2.03. The van der Waals surface area contributed by atoms with Gasteiger partial charge in [-0.25, -0.2) is 0 Å². The summed E-state index contributed by atoms with van der Waals surface area (Å²) >= 11 is 5.92. The summed E-state index contributed by atoms with van der Waals surface area (Å²) in [4.78, 5) is 2.22. The highest BCUT2D eigenvalue weighted by Crippen LogP contribution is 2.17. The number of hydrogen-bond acceptors (Lipinski definition) is 1. The molecule has 0 spiro atoms. The number of benzene rings is 1. The molecule has 96 valence electrons. The zero-order valence-electron chi connectivity index (χ0n) is 10.9. The normalized spacial score (nSPS) is 11.1. The summed E-state index contributed by atoms with van der Waals surface area (Å²) in [5.41, 5.74) is 2.52. The molecule has 18 heavy (non-hydrogen) atoms. The van der Waals surface area contributed by atoms with Crippen molar-refractivity contribution in [1.29, 1.82) is 0 Å². The summed E-state index contributed by atoms with van der Waals surface area (Å²) in [5.74, 6) is 0. The van der Waals surface area contributed by atoms with Crippen LogP contribution in [0, 0.1) is 0 Å². The van der Waals surface area contributed by atoms with Gasteiger partial charge in [0.05, 0.1) is 0 Å². The molecule has 0 aliphatic rings. The molecule has 0 aliphatic heterocycles. The van der Waals surface area contributed by atoms with E-state index in [1.54, 1.807) is 0 Å². The maximum absolute atomic E-state index is 5.92. The van der Waals surface area contributed by atoms with Crippen molar-refractivity contribution in [3.8, 4) is 5.69 Å². The highest BCUT2D eigenvalue weighted by atomic mass is 35.5. The summed E-state index contributed by atoms with van der Waals surface area (Å²) in [6.45, 7) is 1.12. The van der Waals surface area contributed by atoms with Crippen LogP contribution in [0.15, 0.2) is 42.6 Å². The number of halogens is 1. The van der Waals surface area contributed by atoms with E-state index in [1.807, 2.05) is 12.1 Å². The van der Waals surface area contributed by atoms with Crippen molar-refractivity contribution in [3.05, 3.63) is 53.3 Å². The lowest BCUT2D eigenvalue weighted by atomic mass is 10.2. The summed E-state index contributed by atoms with van der Waals surface area (Å²) in [6.07, 6.45) is 4.37. The van der Waals surface area contributed by atoms with Crippen LogP contribution in [0.1, 0.15) is 12.1 Å². The molecule has 0 bridgehead atoms. The molecule has 0 N–H and O–H groups in total. The fourth-order valence-electron chi connectivity index (χ4n) is 2.05. The third-order valence-electron chi connectivity index (χ3n) is 2.98. The Morgan fingerprint density at radius 3 is 2.50 bits per heavy atom. The number of hydrogen-bond donors (Lipinski definition) is 0. The van der Waals surface area contributed by atoms with Gasteiger partial charge in [0.2, 0.25) is 0 Å². The second kappa shape index (κ2) is 6.07. The van der Waals surface area contributed by atoms with E-state index in [-0.39, 0.29) is 0 Å². The average molecular weight is 263 g/mol. The molecule has 0 radical (unpaired) electrons. The molecule has 0 amide bonds. The minimum absolute atomic E-state index is 0.778. The van der Waals surface area contributed by atoms with Crippen molar-refractivity contribution in [1.82, 2.24) is 9.47 Å². The van der Waals surface area contributed by atoms with Crippen LogP contribution in [0.4, 0.5) is 0 Å². The van der Waals surface area contributed by atoms with Crippen molar-refractivity contribution in [3.63, 3.8) is 0 Å². The smallest absolute Gasteiger partial charge is 0.0453 e. The van der Waals surface area contributed by atoms with Crippen LogP contribution in [0.25, 0.3) is 5.69 Å². The molecule has 2 aromatic rings. The zero-order chi connectivity index (χ0) is 13.0. The Morgan fingerprint density at radius 1 is 1.11 bits per heavy atom. The van der Waals surface area contributed by atoms with Gasteiger partial charge in [0.25, 0.3) is 0 Å². The number of nitrogens with zero attached hydrogens (tertiary/aromatic N) is 2. The second-order valence-corrected chi connectivity index (χ2v) is 5.19. The quantitative estimate of drug-likeness (QED) is 0.799. The predicted molar refractivity (Wildman–Crippen MR) is 77.7 cm³/mol. The standard InChI is InChI=1S/C15H19ClN2/c1-17(2)11-3-5-14-6-4-12-18(14)15-9-7-13(16)8-10-15/h4,6-10,12H,3,5,11H2,1-2H3. The maximum atomic E-state index is 5.92. The minimum Gasteiger partial charge on any atom is -0.321 e. The molecule has 1 heterocycles. The molecular weight excluding hydrogens is 244 g/mol. The fraction of sp³-hybridized carbons (Fsp3) is 0.333. The number of aryl methyl sites for hydroxylation is 1. The maximum Gasteiger partial charge on any atom is 0.0453 e. The Bertz CT molecular complexity index is 485. The van der Waals surface area contributed by atoms with Gasteiger partial charge in [-0.2, -0.15) is 0 Å². The summed E-state index contributed by atoms with van der Waals surface area (Å²) in [6, 6.07) is 12.3. The van der Waals surface area contributed by atoms with Gasteiger partial charge in [0.1, 0.15) is 0 Å². The van der Waals surface area contributed by atoms with Gasteiger partial charge >= 0.3 is 0 Å². The largest absolute Gasteiger partial charge is 0.321 e. The molecule has 0 saturated heterocycles. The Balaban J connectivity index is 2.10. The molecule has 0 unspecified atom stereocenters. The van der Waals surface area contributed by atoms with E-state index >= 15 is 0 Å². The first kappa shape index (κ1) is 13.2. The average Bonchev–Trinajstić information content (AvgIpc) is 2.78. The summed E-state index contributed by atoms with van der Waals surface area (Å²) in [7, 11) is 4.22. The third kappa shape index (κ3) is 3.37. The van der Waals surface area contributed by atoms with Gasteiger partial charge in [-0.05, 0) is 69.9 Å². The van der Waals surface area contributed by atoms with Crippen molar-refractivity contribution < 1.29 is 0 Å². The zero-order valence-corrected chi connectivity index (χ0v) is 11.7. The molecule has 2 rings (SSSR count). The molecule has 0 aliphatic carbocycles. The lowest BCUT2D eigenvalue weighted by Gasteiger charge is -2.12. The van der Waals surface area contributed by atoms with E-state index < -0.39 is 0 Å². The topological polar surface area (TPSA) is 8.17 Å². The van der Waals surface area contributed by atoms with Crippen LogP contribution in [0.3, 0.4) is 0 Å².